The van der Waals surface area contributed by atoms with E-state index in [1.807, 2.05) is 30.7 Å². The third kappa shape index (κ3) is 3.33. The molecule has 1 aromatic carbocycles. The van der Waals surface area contributed by atoms with Gasteiger partial charge in [-0.1, -0.05) is 0 Å². The highest BCUT2D eigenvalue weighted by Gasteiger charge is 2.15. The van der Waals surface area contributed by atoms with Crippen molar-refractivity contribution >= 4 is 39.4 Å². The molecule has 0 radical (unpaired) electrons. The summed E-state index contributed by atoms with van der Waals surface area (Å²) in [6.45, 7) is 10.4. The number of nitrogens with zero attached hydrogens (tertiary/aromatic N) is 6. The minimum Gasteiger partial charge on any atom is -0.368 e. The Morgan fingerprint density at radius 3 is 2.63 bits per heavy atom. The molecule has 3 aromatic heterocycles. The van der Waals surface area contributed by atoms with E-state index in [9.17, 15) is 0 Å². The topological polar surface area (TPSA) is 83.8 Å². The maximum absolute atomic E-state index is 4.81. The van der Waals surface area contributed by atoms with E-state index in [0.717, 1.165) is 59.6 Å². The molecule has 154 valence electrons. The van der Waals surface area contributed by atoms with E-state index in [-0.39, 0.29) is 0 Å². The molecule has 0 amide bonds. The van der Waals surface area contributed by atoms with Gasteiger partial charge in [0.1, 0.15) is 11.3 Å². The number of pyridine rings is 1. The lowest BCUT2D eigenvalue weighted by Gasteiger charge is -2.30. The van der Waals surface area contributed by atoms with Crippen LogP contribution in [0.1, 0.15) is 25.6 Å². The van der Waals surface area contributed by atoms with Gasteiger partial charge < -0.3 is 20.1 Å². The van der Waals surface area contributed by atoms with Gasteiger partial charge in [-0.15, -0.1) is 0 Å². The second-order valence-corrected chi connectivity index (χ2v) is 7.97. The zero-order chi connectivity index (χ0) is 20.7. The standard InChI is InChI=1S/C22H26N8/c1-14(2)30-13-25-17-5-4-16-12-24-22(28-20(16)21(17)30)27-19-7-6-18(15(3)26-19)29-10-8-23-9-11-29/h4-7,12-14,23H,8-11H2,1-3H3,(H,24,26,27,28). The largest absolute Gasteiger partial charge is 0.368 e. The molecule has 0 unspecified atom stereocenters. The summed E-state index contributed by atoms with van der Waals surface area (Å²) in [4.78, 5) is 21.0. The number of rotatable bonds is 4. The smallest absolute Gasteiger partial charge is 0.228 e. The summed E-state index contributed by atoms with van der Waals surface area (Å²) in [5, 5.41) is 7.66. The molecule has 0 atom stereocenters. The molecule has 5 rings (SSSR count). The Hall–Kier alpha value is -3.26. The Balaban J connectivity index is 1.48. The Morgan fingerprint density at radius 2 is 1.87 bits per heavy atom. The molecule has 1 aliphatic heterocycles. The first-order chi connectivity index (χ1) is 14.6. The number of hydrogen-bond acceptors (Lipinski definition) is 7. The van der Waals surface area contributed by atoms with Crippen LogP contribution in [0.5, 0.6) is 0 Å². The van der Waals surface area contributed by atoms with Crippen LogP contribution in [0.2, 0.25) is 0 Å². The van der Waals surface area contributed by atoms with E-state index in [1.54, 1.807) is 0 Å². The first kappa shape index (κ1) is 18.7. The molecular formula is C22H26N8. The van der Waals surface area contributed by atoms with Crippen molar-refractivity contribution in [1.29, 1.82) is 0 Å². The van der Waals surface area contributed by atoms with Crippen LogP contribution in [0.3, 0.4) is 0 Å². The highest BCUT2D eigenvalue weighted by Crippen LogP contribution is 2.27. The maximum Gasteiger partial charge on any atom is 0.228 e. The minimum atomic E-state index is 0.300. The number of anilines is 3. The fourth-order valence-electron chi connectivity index (χ4n) is 4.04. The highest BCUT2D eigenvalue weighted by atomic mass is 15.2. The van der Waals surface area contributed by atoms with Crippen LogP contribution >= 0.6 is 0 Å². The zero-order valence-corrected chi connectivity index (χ0v) is 17.6. The molecule has 1 saturated heterocycles. The predicted molar refractivity (Wildman–Crippen MR) is 121 cm³/mol. The van der Waals surface area contributed by atoms with Gasteiger partial charge >= 0.3 is 0 Å². The molecule has 1 aliphatic rings. The first-order valence-electron chi connectivity index (χ1n) is 10.4. The van der Waals surface area contributed by atoms with Crippen molar-refractivity contribution in [1.82, 2.24) is 29.8 Å². The highest BCUT2D eigenvalue weighted by molar-refractivity contribution is 6.02. The van der Waals surface area contributed by atoms with Crippen LogP contribution in [0.4, 0.5) is 17.5 Å². The van der Waals surface area contributed by atoms with E-state index in [2.05, 4.69) is 56.9 Å². The van der Waals surface area contributed by atoms with Crippen LogP contribution in [-0.2, 0) is 0 Å². The van der Waals surface area contributed by atoms with Crippen LogP contribution < -0.4 is 15.5 Å². The van der Waals surface area contributed by atoms with E-state index in [4.69, 9.17) is 9.97 Å². The number of piperazine rings is 1. The number of aromatic nitrogens is 5. The molecule has 0 saturated carbocycles. The van der Waals surface area contributed by atoms with Gasteiger partial charge in [-0.25, -0.2) is 19.9 Å². The van der Waals surface area contributed by atoms with Gasteiger partial charge in [-0.05, 0) is 45.0 Å². The van der Waals surface area contributed by atoms with Crippen molar-refractivity contribution in [3.8, 4) is 0 Å². The Labute approximate surface area is 175 Å². The van der Waals surface area contributed by atoms with Crippen LogP contribution in [-0.4, -0.2) is 50.7 Å². The molecular weight excluding hydrogens is 376 g/mol. The van der Waals surface area contributed by atoms with Crippen molar-refractivity contribution in [2.24, 2.45) is 0 Å². The number of benzene rings is 1. The molecule has 2 N–H and O–H groups in total. The fourth-order valence-corrected chi connectivity index (χ4v) is 4.04. The third-order valence-electron chi connectivity index (χ3n) is 5.60. The number of aryl methyl sites for hydroxylation is 1. The molecule has 1 fully saturated rings. The predicted octanol–water partition coefficient (Wildman–Crippen LogP) is 3.42. The molecule has 30 heavy (non-hydrogen) atoms. The molecule has 8 nitrogen and oxygen atoms in total. The average Bonchev–Trinajstić information content (AvgIpc) is 3.20. The van der Waals surface area contributed by atoms with E-state index < -0.39 is 0 Å². The summed E-state index contributed by atoms with van der Waals surface area (Å²) in [5.74, 6) is 1.28. The normalized spacial score (nSPS) is 14.7. The second kappa shape index (κ2) is 7.53. The van der Waals surface area contributed by atoms with Gasteiger partial charge in [-0.3, -0.25) is 0 Å². The Morgan fingerprint density at radius 1 is 1.03 bits per heavy atom. The number of imidazole rings is 1. The summed E-state index contributed by atoms with van der Waals surface area (Å²) in [6, 6.07) is 8.46. The van der Waals surface area contributed by atoms with Crippen molar-refractivity contribution in [2.75, 3.05) is 36.4 Å². The molecule has 0 spiro atoms. The summed E-state index contributed by atoms with van der Waals surface area (Å²) in [5.41, 5.74) is 5.05. The lowest BCUT2D eigenvalue weighted by Crippen LogP contribution is -2.43. The van der Waals surface area contributed by atoms with Crippen molar-refractivity contribution in [2.45, 2.75) is 26.8 Å². The van der Waals surface area contributed by atoms with Gasteiger partial charge in [0.2, 0.25) is 5.95 Å². The Bertz CT molecular complexity index is 1210. The quantitative estimate of drug-likeness (QED) is 0.541. The summed E-state index contributed by atoms with van der Waals surface area (Å²) < 4.78 is 2.15. The van der Waals surface area contributed by atoms with Gasteiger partial charge in [0, 0.05) is 43.8 Å². The van der Waals surface area contributed by atoms with Gasteiger partial charge in [0.15, 0.2) is 0 Å². The van der Waals surface area contributed by atoms with Crippen LogP contribution in [0.25, 0.3) is 21.9 Å². The van der Waals surface area contributed by atoms with Crippen LogP contribution in [0, 0.1) is 6.92 Å². The SMILES string of the molecule is Cc1nc(Nc2ncc3ccc4ncn(C(C)C)c4c3n2)ccc1N1CCNCC1. The van der Waals surface area contributed by atoms with Gasteiger partial charge in [0.05, 0.1) is 28.7 Å². The molecule has 4 aromatic rings. The van der Waals surface area contributed by atoms with E-state index >= 15 is 0 Å². The molecule has 4 heterocycles. The summed E-state index contributed by atoms with van der Waals surface area (Å²) in [7, 11) is 0. The average molecular weight is 403 g/mol. The molecule has 8 heteroatoms. The number of nitrogens with one attached hydrogen (secondary N) is 2. The summed E-state index contributed by atoms with van der Waals surface area (Å²) >= 11 is 0. The lowest BCUT2D eigenvalue weighted by molar-refractivity contribution is 0.588. The monoisotopic (exact) mass is 402 g/mol. The van der Waals surface area contributed by atoms with Crippen LogP contribution in [0.15, 0.2) is 36.8 Å². The maximum atomic E-state index is 4.81. The van der Waals surface area contributed by atoms with E-state index in [1.165, 1.54) is 5.69 Å². The number of hydrogen-bond donors (Lipinski definition) is 2. The first-order valence-corrected chi connectivity index (χ1v) is 10.4. The van der Waals surface area contributed by atoms with E-state index in [0.29, 0.717) is 12.0 Å². The fraction of sp³-hybridized carbons (Fsp3) is 0.364. The Kier molecular flexibility index (Phi) is 4.71. The lowest BCUT2D eigenvalue weighted by atomic mass is 10.2. The van der Waals surface area contributed by atoms with Gasteiger partial charge in [0.25, 0.3) is 0 Å². The number of fused-ring (bicyclic) bond motifs is 3. The second-order valence-electron chi connectivity index (χ2n) is 7.97. The van der Waals surface area contributed by atoms with Crippen molar-refractivity contribution < 1.29 is 0 Å². The van der Waals surface area contributed by atoms with Gasteiger partial charge in [-0.2, -0.15) is 0 Å². The van der Waals surface area contributed by atoms with Crippen molar-refractivity contribution in [3.63, 3.8) is 0 Å². The molecule has 0 aliphatic carbocycles. The molecule has 0 bridgehead atoms. The zero-order valence-electron chi connectivity index (χ0n) is 17.6. The van der Waals surface area contributed by atoms with Crippen molar-refractivity contribution in [3.05, 3.63) is 42.5 Å². The minimum absolute atomic E-state index is 0.300. The third-order valence-corrected chi connectivity index (χ3v) is 5.60. The summed E-state index contributed by atoms with van der Waals surface area (Å²) in [6.07, 6.45) is 3.73.